The normalized spacial score (nSPS) is 23.5. The quantitative estimate of drug-likeness (QED) is 0.525. The number of aromatic amines is 1. The summed E-state index contributed by atoms with van der Waals surface area (Å²) in [6, 6.07) is 7.88. The number of aromatic nitrogens is 3. The van der Waals surface area contributed by atoms with Crippen LogP contribution in [-0.2, 0) is 0 Å². The van der Waals surface area contributed by atoms with Crippen LogP contribution in [0.25, 0.3) is 11.0 Å². The first-order valence-corrected chi connectivity index (χ1v) is 11.1. The summed E-state index contributed by atoms with van der Waals surface area (Å²) in [7, 11) is 0. The number of nitrogens with zero attached hydrogens (tertiary/aromatic N) is 3. The Morgan fingerprint density at radius 2 is 1.94 bits per heavy atom. The molecule has 7 nitrogen and oxygen atoms in total. The lowest BCUT2D eigenvalue weighted by Crippen LogP contribution is -2.63. The van der Waals surface area contributed by atoms with E-state index in [9.17, 15) is 9.90 Å². The second-order valence-electron chi connectivity index (χ2n) is 9.01. The standard InChI is InChI=1S/C23H26ClN5O2/c1-23(31)11-29(12-23)15-8-6-14(7-9-15)28-22-19-17(10-25-21(19)26-13-27-22)20(30)16-4-2-3-5-18(16)24/h2-5,10,13-15,31H,6-9,11-12H2,1H3,(H2,25,26,27,28)/t14-,15-. The van der Waals surface area contributed by atoms with E-state index in [1.807, 2.05) is 13.0 Å². The Bertz CT molecular complexity index is 1110. The van der Waals surface area contributed by atoms with Crippen LogP contribution in [0.4, 0.5) is 5.82 Å². The number of fused-ring (bicyclic) bond motifs is 1. The van der Waals surface area contributed by atoms with Crippen LogP contribution in [0.1, 0.15) is 48.5 Å². The molecular formula is C23H26ClN5O2. The topological polar surface area (TPSA) is 94.1 Å². The van der Waals surface area contributed by atoms with E-state index >= 15 is 0 Å². The number of likely N-dealkylation sites (tertiary alicyclic amines) is 1. The molecule has 3 aromatic rings. The number of nitrogens with one attached hydrogen (secondary N) is 2. The van der Waals surface area contributed by atoms with E-state index in [1.54, 1.807) is 24.4 Å². The highest BCUT2D eigenvalue weighted by molar-refractivity contribution is 6.35. The number of carbonyl (C=O) groups is 1. The molecule has 0 radical (unpaired) electrons. The van der Waals surface area contributed by atoms with Crippen molar-refractivity contribution in [2.24, 2.45) is 0 Å². The Morgan fingerprint density at radius 3 is 2.65 bits per heavy atom. The number of hydrogen-bond acceptors (Lipinski definition) is 6. The summed E-state index contributed by atoms with van der Waals surface area (Å²) in [6.45, 7) is 3.42. The van der Waals surface area contributed by atoms with Crippen molar-refractivity contribution in [1.29, 1.82) is 0 Å². The predicted octanol–water partition coefficient (Wildman–Crippen LogP) is 3.63. The highest BCUT2D eigenvalue weighted by atomic mass is 35.5. The zero-order chi connectivity index (χ0) is 21.6. The lowest BCUT2D eigenvalue weighted by molar-refractivity contribution is -0.107. The molecule has 0 bridgehead atoms. The molecule has 1 aliphatic heterocycles. The van der Waals surface area contributed by atoms with Gasteiger partial charge in [-0.1, -0.05) is 23.7 Å². The molecule has 8 heteroatoms. The van der Waals surface area contributed by atoms with Crippen LogP contribution >= 0.6 is 11.6 Å². The molecule has 0 spiro atoms. The number of ketones is 1. The van der Waals surface area contributed by atoms with Gasteiger partial charge in [0, 0.05) is 36.9 Å². The molecule has 3 heterocycles. The van der Waals surface area contributed by atoms with Crippen LogP contribution in [0, 0.1) is 0 Å². The van der Waals surface area contributed by atoms with Crippen LogP contribution in [-0.4, -0.2) is 61.5 Å². The van der Waals surface area contributed by atoms with E-state index in [2.05, 4.69) is 25.2 Å². The lowest BCUT2D eigenvalue weighted by Gasteiger charge is -2.50. The van der Waals surface area contributed by atoms with Gasteiger partial charge in [-0.05, 0) is 44.7 Å². The molecular weight excluding hydrogens is 414 g/mol. The maximum atomic E-state index is 13.2. The van der Waals surface area contributed by atoms with Gasteiger partial charge in [0.15, 0.2) is 5.78 Å². The molecule has 3 N–H and O–H groups in total. The maximum Gasteiger partial charge on any atom is 0.196 e. The van der Waals surface area contributed by atoms with Crippen LogP contribution in [0.5, 0.6) is 0 Å². The van der Waals surface area contributed by atoms with E-state index in [4.69, 9.17) is 11.6 Å². The first-order chi connectivity index (χ1) is 14.9. The van der Waals surface area contributed by atoms with Gasteiger partial charge in [-0.15, -0.1) is 0 Å². The maximum absolute atomic E-state index is 13.2. The molecule has 162 valence electrons. The fourth-order valence-electron chi connectivity index (χ4n) is 4.91. The Morgan fingerprint density at radius 1 is 1.19 bits per heavy atom. The molecule has 0 unspecified atom stereocenters. The summed E-state index contributed by atoms with van der Waals surface area (Å²) >= 11 is 6.26. The number of halogens is 1. The number of rotatable bonds is 5. The molecule has 0 atom stereocenters. The molecule has 2 aromatic heterocycles. The van der Waals surface area contributed by atoms with E-state index in [-0.39, 0.29) is 11.8 Å². The summed E-state index contributed by atoms with van der Waals surface area (Å²) in [6.07, 6.45) is 7.41. The smallest absolute Gasteiger partial charge is 0.196 e. The van der Waals surface area contributed by atoms with Gasteiger partial charge in [0.2, 0.25) is 0 Å². The van der Waals surface area contributed by atoms with E-state index in [0.29, 0.717) is 39.0 Å². The first kappa shape index (κ1) is 20.4. The average Bonchev–Trinajstić information content (AvgIpc) is 3.18. The van der Waals surface area contributed by atoms with Gasteiger partial charge in [-0.3, -0.25) is 9.69 Å². The molecule has 1 saturated carbocycles. The van der Waals surface area contributed by atoms with E-state index in [0.717, 1.165) is 38.8 Å². The second-order valence-corrected chi connectivity index (χ2v) is 9.42. The SMILES string of the molecule is CC1(O)CN([C@H]2CC[C@H](Nc3ncnc4[nH]cc(C(=O)c5ccccc5Cl)c34)CC2)C1. The van der Waals surface area contributed by atoms with Gasteiger partial charge in [0.05, 0.1) is 21.6 Å². The van der Waals surface area contributed by atoms with Crippen LogP contribution in [0.2, 0.25) is 5.02 Å². The number of H-pyrrole nitrogens is 1. The molecule has 31 heavy (non-hydrogen) atoms. The third-order valence-corrected chi connectivity index (χ3v) is 6.80. The highest BCUT2D eigenvalue weighted by Gasteiger charge is 2.41. The van der Waals surface area contributed by atoms with Crippen molar-refractivity contribution in [3.8, 4) is 0 Å². The molecule has 5 rings (SSSR count). The number of anilines is 1. The average molecular weight is 440 g/mol. The summed E-state index contributed by atoms with van der Waals surface area (Å²) < 4.78 is 0. The first-order valence-electron chi connectivity index (χ1n) is 10.8. The molecule has 1 aromatic carbocycles. The van der Waals surface area contributed by atoms with Gasteiger partial charge in [0.1, 0.15) is 17.8 Å². The highest BCUT2D eigenvalue weighted by Crippen LogP contribution is 2.33. The van der Waals surface area contributed by atoms with Gasteiger partial charge >= 0.3 is 0 Å². The molecule has 1 aliphatic carbocycles. The van der Waals surface area contributed by atoms with Crippen molar-refractivity contribution in [3.05, 3.63) is 52.9 Å². The monoisotopic (exact) mass is 439 g/mol. The van der Waals surface area contributed by atoms with Gasteiger partial charge < -0.3 is 15.4 Å². The Labute approximate surface area is 185 Å². The number of aliphatic hydroxyl groups is 1. The van der Waals surface area contributed by atoms with Gasteiger partial charge in [-0.25, -0.2) is 9.97 Å². The molecule has 2 aliphatic rings. The fraction of sp³-hybridized carbons (Fsp3) is 0.435. The summed E-state index contributed by atoms with van der Waals surface area (Å²) in [5, 5.41) is 14.7. The number of hydrogen-bond donors (Lipinski definition) is 3. The largest absolute Gasteiger partial charge is 0.388 e. The number of carbonyl (C=O) groups excluding carboxylic acids is 1. The van der Waals surface area contributed by atoms with Crippen molar-refractivity contribution in [2.75, 3.05) is 18.4 Å². The Kier molecular flexibility index (Phi) is 5.20. The van der Waals surface area contributed by atoms with Crippen LogP contribution in [0.3, 0.4) is 0 Å². The van der Waals surface area contributed by atoms with Crippen molar-refractivity contribution >= 4 is 34.2 Å². The zero-order valence-corrected chi connectivity index (χ0v) is 18.2. The number of benzene rings is 1. The Hall–Kier alpha value is -2.48. The van der Waals surface area contributed by atoms with Crippen molar-refractivity contribution in [3.63, 3.8) is 0 Å². The molecule has 0 amide bonds. The minimum absolute atomic E-state index is 0.150. The van der Waals surface area contributed by atoms with E-state index in [1.165, 1.54) is 6.33 Å². The molecule has 2 fully saturated rings. The predicted molar refractivity (Wildman–Crippen MR) is 121 cm³/mol. The second kappa shape index (κ2) is 7.89. The lowest BCUT2D eigenvalue weighted by atomic mass is 9.85. The van der Waals surface area contributed by atoms with Crippen LogP contribution < -0.4 is 5.32 Å². The Balaban J connectivity index is 1.34. The fourth-order valence-corrected chi connectivity index (χ4v) is 5.13. The summed E-state index contributed by atoms with van der Waals surface area (Å²) in [5.74, 6) is 0.528. The van der Waals surface area contributed by atoms with E-state index < -0.39 is 5.60 Å². The summed E-state index contributed by atoms with van der Waals surface area (Å²) in [5.41, 5.74) is 1.08. The number of β-amino-alcohol motifs (C(OH)–C–C–N with tert-alkyl or cyclic N) is 1. The third kappa shape index (κ3) is 3.93. The minimum Gasteiger partial charge on any atom is -0.388 e. The third-order valence-electron chi connectivity index (χ3n) is 6.47. The van der Waals surface area contributed by atoms with Gasteiger partial charge in [0.25, 0.3) is 0 Å². The van der Waals surface area contributed by atoms with Crippen LogP contribution in [0.15, 0.2) is 36.8 Å². The van der Waals surface area contributed by atoms with Crippen molar-refractivity contribution in [2.45, 2.75) is 50.3 Å². The summed E-state index contributed by atoms with van der Waals surface area (Å²) in [4.78, 5) is 27.4. The van der Waals surface area contributed by atoms with Crippen molar-refractivity contribution < 1.29 is 9.90 Å². The van der Waals surface area contributed by atoms with Gasteiger partial charge in [-0.2, -0.15) is 0 Å². The zero-order valence-electron chi connectivity index (χ0n) is 17.4. The minimum atomic E-state index is -0.527. The van der Waals surface area contributed by atoms with Crippen molar-refractivity contribution in [1.82, 2.24) is 19.9 Å². The molecule has 1 saturated heterocycles.